The Morgan fingerprint density at radius 2 is 1.41 bits per heavy atom. The Balaban J connectivity index is 1.46. The number of hydrogen-bond donors (Lipinski definition) is 0. The van der Waals surface area contributed by atoms with Gasteiger partial charge in [-0.2, -0.15) is 5.26 Å². The molecule has 0 unspecified atom stereocenters. The average molecular weight is 460 g/mol. The first-order valence-electron chi connectivity index (χ1n) is 14.0. The molecule has 1 aliphatic carbocycles. The van der Waals surface area contributed by atoms with Crippen molar-refractivity contribution in [1.29, 1.82) is 5.26 Å². The van der Waals surface area contributed by atoms with Gasteiger partial charge in [-0.3, -0.25) is 0 Å². The first-order valence-corrected chi connectivity index (χ1v) is 14.0. The van der Waals surface area contributed by atoms with Gasteiger partial charge in [0.1, 0.15) is 0 Å². The van der Waals surface area contributed by atoms with Gasteiger partial charge in [0.2, 0.25) is 0 Å². The fourth-order valence-electron chi connectivity index (χ4n) is 5.46. The van der Waals surface area contributed by atoms with Crippen LogP contribution in [0.25, 0.3) is 11.4 Å². The summed E-state index contributed by atoms with van der Waals surface area (Å²) in [6, 6.07) is 11.6. The molecule has 2 aromatic rings. The molecule has 1 saturated carbocycles. The van der Waals surface area contributed by atoms with Crippen molar-refractivity contribution in [3.05, 3.63) is 47.8 Å². The summed E-state index contributed by atoms with van der Waals surface area (Å²) in [5.74, 6) is 1.39. The van der Waals surface area contributed by atoms with E-state index in [0.717, 1.165) is 49.9 Å². The zero-order chi connectivity index (χ0) is 24.1. The third kappa shape index (κ3) is 7.93. The molecular formula is C31H45N3. The van der Waals surface area contributed by atoms with E-state index in [1.807, 2.05) is 12.4 Å². The van der Waals surface area contributed by atoms with Crippen LogP contribution in [0.1, 0.15) is 127 Å². The van der Waals surface area contributed by atoms with Gasteiger partial charge in [-0.15, -0.1) is 0 Å². The number of nitriles is 1. The van der Waals surface area contributed by atoms with Crippen molar-refractivity contribution in [2.75, 3.05) is 0 Å². The molecule has 3 rings (SSSR count). The highest BCUT2D eigenvalue weighted by Crippen LogP contribution is 2.45. The van der Waals surface area contributed by atoms with Crippen LogP contribution in [0.15, 0.2) is 36.7 Å². The molecule has 0 atom stereocenters. The van der Waals surface area contributed by atoms with Gasteiger partial charge in [0.15, 0.2) is 5.82 Å². The summed E-state index contributed by atoms with van der Waals surface area (Å²) in [5.41, 5.74) is 3.67. The summed E-state index contributed by atoms with van der Waals surface area (Å²) in [7, 11) is 0. The second-order valence-corrected chi connectivity index (χ2v) is 10.5. The van der Waals surface area contributed by atoms with E-state index in [4.69, 9.17) is 0 Å². The first-order chi connectivity index (χ1) is 16.7. The Morgan fingerprint density at radius 1 is 0.824 bits per heavy atom. The lowest BCUT2D eigenvalue weighted by Gasteiger charge is -2.35. The Labute approximate surface area is 208 Å². The van der Waals surface area contributed by atoms with E-state index in [1.54, 1.807) is 0 Å². The topological polar surface area (TPSA) is 49.6 Å². The van der Waals surface area contributed by atoms with Crippen molar-refractivity contribution in [2.24, 2.45) is 5.41 Å². The van der Waals surface area contributed by atoms with Crippen LogP contribution in [0, 0.1) is 16.7 Å². The van der Waals surface area contributed by atoms with Crippen LogP contribution in [0.2, 0.25) is 0 Å². The van der Waals surface area contributed by atoms with Gasteiger partial charge >= 0.3 is 0 Å². The van der Waals surface area contributed by atoms with Crippen LogP contribution >= 0.6 is 0 Å². The molecule has 1 aromatic heterocycles. The normalized spacial score (nSPS) is 20.2. The molecule has 0 N–H and O–H groups in total. The lowest BCUT2D eigenvalue weighted by atomic mass is 9.67. The van der Waals surface area contributed by atoms with E-state index in [-0.39, 0.29) is 5.41 Å². The Morgan fingerprint density at radius 3 is 2.03 bits per heavy atom. The lowest BCUT2D eigenvalue weighted by molar-refractivity contribution is 0.223. The smallest absolute Gasteiger partial charge is 0.159 e. The zero-order valence-electron chi connectivity index (χ0n) is 21.7. The van der Waals surface area contributed by atoms with E-state index >= 15 is 0 Å². The molecule has 3 nitrogen and oxygen atoms in total. The van der Waals surface area contributed by atoms with E-state index < -0.39 is 0 Å². The maximum Gasteiger partial charge on any atom is 0.159 e. The molecule has 1 aromatic carbocycles. The highest BCUT2D eigenvalue weighted by molar-refractivity contribution is 5.55. The van der Waals surface area contributed by atoms with E-state index in [9.17, 15) is 5.26 Å². The molecule has 3 heteroatoms. The number of rotatable bonds is 14. The minimum Gasteiger partial charge on any atom is -0.236 e. The molecular weight excluding hydrogens is 414 g/mol. The van der Waals surface area contributed by atoms with E-state index in [0.29, 0.717) is 5.92 Å². The summed E-state index contributed by atoms with van der Waals surface area (Å²) in [4.78, 5) is 9.30. The maximum absolute atomic E-state index is 9.82. The van der Waals surface area contributed by atoms with Crippen LogP contribution in [0.4, 0.5) is 0 Å². The minimum absolute atomic E-state index is 0.0732. The third-order valence-electron chi connectivity index (χ3n) is 7.85. The van der Waals surface area contributed by atoms with Gasteiger partial charge in [0.25, 0.3) is 0 Å². The molecule has 0 radical (unpaired) electrons. The van der Waals surface area contributed by atoms with Gasteiger partial charge in [-0.25, -0.2) is 9.97 Å². The first kappa shape index (κ1) is 26.4. The largest absolute Gasteiger partial charge is 0.236 e. The molecule has 184 valence electrons. The van der Waals surface area contributed by atoms with Gasteiger partial charge in [-0.1, -0.05) is 95.9 Å². The fraction of sp³-hybridized carbons (Fsp3) is 0.645. The summed E-state index contributed by atoms with van der Waals surface area (Å²) in [5, 5.41) is 9.82. The van der Waals surface area contributed by atoms with Gasteiger partial charge < -0.3 is 0 Å². The lowest BCUT2D eigenvalue weighted by Crippen LogP contribution is -2.25. The molecule has 1 fully saturated rings. The number of aryl methyl sites for hydroxylation is 1. The Bertz CT molecular complexity index is 855. The third-order valence-corrected chi connectivity index (χ3v) is 7.85. The number of hydrogen-bond acceptors (Lipinski definition) is 3. The van der Waals surface area contributed by atoms with Gasteiger partial charge in [-0.05, 0) is 62.0 Å². The number of nitrogens with zero attached hydrogens (tertiary/aromatic N) is 3. The van der Waals surface area contributed by atoms with E-state index in [2.05, 4.69) is 54.2 Å². The van der Waals surface area contributed by atoms with Crippen LogP contribution in [-0.4, -0.2) is 9.97 Å². The van der Waals surface area contributed by atoms with Crippen molar-refractivity contribution >= 4 is 0 Å². The average Bonchev–Trinajstić information content (AvgIpc) is 2.89. The van der Waals surface area contributed by atoms with Gasteiger partial charge in [0, 0.05) is 18.0 Å². The Hall–Kier alpha value is -2.21. The van der Waals surface area contributed by atoms with Crippen molar-refractivity contribution < 1.29 is 0 Å². The number of benzene rings is 1. The Kier molecular flexibility index (Phi) is 11.1. The molecule has 0 saturated heterocycles. The van der Waals surface area contributed by atoms with Gasteiger partial charge in [0.05, 0.1) is 11.5 Å². The van der Waals surface area contributed by atoms with Crippen LogP contribution in [0.5, 0.6) is 0 Å². The molecule has 0 spiro atoms. The highest BCUT2D eigenvalue weighted by Gasteiger charge is 2.35. The summed E-state index contributed by atoms with van der Waals surface area (Å²) in [6.45, 7) is 4.50. The van der Waals surface area contributed by atoms with Crippen LogP contribution in [0.3, 0.4) is 0 Å². The molecule has 1 aliphatic rings. The summed E-state index contributed by atoms with van der Waals surface area (Å²) >= 11 is 0. The summed E-state index contributed by atoms with van der Waals surface area (Å²) in [6.07, 6.45) is 23.5. The monoisotopic (exact) mass is 459 g/mol. The van der Waals surface area contributed by atoms with Crippen molar-refractivity contribution in [2.45, 2.75) is 122 Å². The zero-order valence-corrected chi connectivity index (χ0v) is 21.7. The maximum atomic E-state index is 9.82. The van der Waals surface area contributed by atoms with Crippen molar-refractivity contribution in [3.63, 3.8) is 0 Å². The second kappa shape index (κ2) is 14.2. The number of aromatic nitrogens is 2. The minimum atomic E-state index is -0.0732. The fourth-order valence-corrected chi connectivity index (χ4v) is 5.46. The van der Waals surface area contributed by atoms with Crippen molar-refractivity contribution in [1.82, 2.24) is 9.97 Å². The molecule has 0 aliphatic heterocycles. The SMILES string of the molecule is CCCCCCCCCc1cnc(-c2ccc([C@H]3CC[C@@](C#N)(CCCCC)CC3)cc2)nc1. The molecule has 0 bridgehead atoms. The quantitative estimate of drug-likeness (QED) is 0.264. The molecule has 1 heterocycles. The number of unbranched alkanes of at least 4 members (excludes halogenated alkanes) is 8. The molecule has 0 amide bonds. The molecule has 34 heavy (non-hydrogen) atoms. The standard InChI is InChI=1S/C31H45N3/c1-3-5-7-8-9-10-11-13-26-23-33-30(34-24-26)29-16-14-27(15-17-29)28-18-21-31(25-32,22-19-28)20-12-6-4-2/h14-17,23-24,28H,3-13,18-22H2,1-2H3/t28-,31-. The predicted molar refractivity (Wildman–Crippen MR) is 143 cm³/mol. The van der Waals surface area contributed by atoms with Crippen LogP contribution < -0.4 is 0 Å². The second-order valence-electron chi connectivity index (χ2n) is 10.5. The van der Waals surface area contributed by atoms with E-state index in [1.165, 1.54) is 75.3 Å². The highest BCUT2D eigenvalue weighted by atomic mass is 14.9. The predicted octanol–water partition coefficient (Wildman–Crippen LogP) is 9.18. The van der Waals surface area contributed by atoms with Crippen molar-refractivity contribution in [3.8, 4) is 17.5 Å². The van der Waals surface area contributed by atoms with Crippen LogP contribution in [-0.2, 0) is 6.42 Å². The summed E-state index contributed by atoms with van der Waals surface area (Å²) < 4.78 is 0.